The van der Waals surface area contributed by atoms with Crippen molar-refractivity contribution in [3.05, 3.63) is 35.9 Å². The van der Waals surface area contributed by atoms with Crippen molar-refractivity contribution in [2.24, 2.45) is 0 Å². The molecular formula is C9H12Br2Mg. The van der Waals surface area contributed by atoms with Crippen LogP contribution in [-0.2, 0) is 0 Å². The van der Waals surface area contributed by atoms with Gasteiger partial charge in [0.25, 0.3) is 0 Å². The Labute approximate surface area is 112 Å². The van der Waals surface area contributed by atoms with Crippen molar-refractivity contribution in [3.8, 4) is 0 Å². The average Bonchev–Trinajstić information content (AvgIpc) is 1.90. The summed E-state index contributed by atoms with van der Waals surface area (Å²) in [4.78, 5) is 0. The summed E-state index contributed by atoms with van der Waals surface area (Å²) in [6, 6.07) is 11.1. The van der Waals surface area contributed by atoms with Crippen LogP contribution in [0, 0.1) is 6.07 Å². The summed E-state index contributed by atoms with van der Waals surface area (Å²) in [5.74, 6) is 0.639. The van der Waals surface area contributed by atoms with Crippen LogP contribution in [0.15, 0.2) is 24.3 Å². The topological polar surface area (TPSA) is 0 Å². The molecule has 0 fully saturated rings. The van der Waals surface area contributed by atoms with Crippen LogP contribution < -0.4 is 17.0 Å². The van der Waals surface area contributed by atoms with Crippen LogP contribution >= 0.6 is 17.0 Å². The van der Waals surface area contributed by atoms with Gasteiger partial charge in [0.05, 0.1) is 0 Å². The zero-order valence-corrected chi connectivity index (χ0v) is 12.1. The third kappa shape index (κ3) is 6.46. The van der Waals surface area contributed by atoms with E-state index in [1.807, 2.05) is 12.1 Å². The number of hydrogen-bond donors (Lipinski definition) is 0. The Morgan fingerprint density at radius 1 is 1.17 bits per heavy atom. The summed E-state index contributed by atoms with van der Waals surface area (Å²) in [7, 11) is 0. The van der Waals surface area contributed by atoms with Gasteiger partial charge in [0.1, 0.15) is 0 Å². The maximum atomic E-state index is 2.99. The second-order valence-electron chi connectivity index (χ2n) is 2.49. The fourth-order valence-corrected chi connectivity index (χ4v) is 0.785. The first kappa shape index (κ1) is 18.7. The molecule has 0 nitrogen and oxygen atoms in total. The minimum absolute atomic E-state index is 0. The third-order valence-electron chi connectivity index (χ3n) is 1.41. The summed E-state index contributed by atoms with van der Waals surface area (Å²) in [5.41, 5.74) is 1.38. The standard InChI is InChI=1S/C9H11.2BrH.Mg/c1-8(2)9-6-4-3-5-7-9;;;/h4-8H,1-2H3;2*1H;/q-1;;;+2/p-1. The smallest absolute Gasteiger partial charge is 1.00 e. The van der Waals surface area contributed by atoms with E-state index in [1.54, 1.807) is 0 Å². The van der Waals surface area contributed by atoms with E-state index in [0.717, 1.165) is 0 Å². The van der Waals surface area contributed by atoms with Gasteiger partial charge in [0, 0.05) is 0 Å². The van der Waals surface area contributed by atoms with E-state index in [1.165, 1.54) is 5.56 Å². The molecule has 0 N–H and O–H groups in total. The second kappa shape index (κ2) is 10.0. The molecule has 0 aliphatic rings. The van der Waals surface area contributed by atoms with Crippen LogP contribution in [0.4, 0.5) is 0 Å². The van der Waals surface area contributed by atoms with Crippen LogP contribution in [0.1, 0.15) is 25.3 Å². The Morgan fingerprint density at radius 3 is 1.83 bits per heavy atom. The number of halogens is 2. The molecule has 0 radical (unpaired) electrons. The quantitative estimate of drug-likeness (QED) is 0.498. The average molecular weight is 304 g/mol. The third-order valence-corrected chi connectivity index (χ3v) is 1.41. The molecule has 0 heterocycles. The van der Waals surface area contributed by atoms with E-state index in [4.69, 9.17) is 0 Å². The van der Waals surface area contributed by atoms with Gasteiger partial charge in [0.15, 0.2) is 0 Å². The Kier molecular flexibility index (Phi) is 15.6. The molecule has 0 saturated heterocycles. The van der Waals surface area contributed by atoms with Crippen molar-refractivity contribution in [2.75, 3.05) is 0 Å². The first-order valence-corrected chi connectivity index (χ1v) is 3.26. The first-order chi connectivity index (χ1) is 4.30. The number of hydrogen-bond acceptors (Lipinski definition) is 0. The van der Waals surface area contributed by atoms with E-state index in [0.29, 0.717) is 5.92 Å². The van der Waals surface area contributed by atoms with Crippen molar-refractivity contribution in [2.45, 2.75) is 19.8 Å². The predicted octanol–water partition coefficient (Wildman–Crippen LogP) is -0.189. The van der Waals surface area contributed by atoms with Gasteiger partial charge in [-0.05, 0) is 5.92 Å². The molecular weight excluding hydrogens is 292 g/mol. The summed E-state index contributed by atoms with van der Waals surface area (Å²) in [5, 5.41) is 0. The molecule has 0 amide bonds. The fourth-order valence-electron chi connectivity index (χ4n) is 0.785. The van der Waals surface area contributed by atoms with Gasteiger partial charge in [-0.2, -0.15) is 35.9 Å². The van der Waals surface area contributed by atoms with Crippen LogP contribution in [0.3, 0.4) is 0 Å². The largest absolute Gasteiger partial charge is 2.00 e. The van der Waals surface area contributed by atoms with Crippen LogP contribution in [0.25, 0.3) is 0 Å². The van der Waals surface area contributed by atoms with Gasteiger partial charge in [-0.3, -0.25) is 0 Å². The molecule has 3 heteroatoms. The number of benzene rings is 1. The Morgan fingerprint density at radius 2 is 1.58 bits per heavy atom. The van der Waals surface area contributed by atoms with Gasteiger partial charge in [0.2, 0.25) is 0 Å². The Bertz CT molecular complexity index is 175. The van der Waals surface area contributed by atoms with Crippen molar-refractivity contribution in [1.82, 2.24) is 0 Å². The van der Waals surface area contributed by atoms with Gasteiger partial charge in [-0.15, -0.1) is 17.0 Å². The summed E-state index contributed by atoms with van der Waals surface area (Å²) >= 11 is 0. The zero-order valence-electron chi connectivity index (χ0n) is 7.38. The van der Waals surface area contributed by atoms with Gasteiger partial charge >= 0.3 is 23.1 Å². The van der Waals surface area contributed by atoms with Gasteiger partial charge < -0.3 is 17.0 Å². The molecule has 0 unspecified atom stereocenters. The minimum Gasteiger partial charge on any atom is -1.00 e. The molecule has 0 bridgehead atoms. The molecule has 1 aromatic carbocycles. The molecule has 0 aliphatic heterocycles. The monoisotopic (exact) mass is 302 g/mol. The maximum Gasteiger partial charge on any atom is 2.00 e. The normalized spacial score (nSPS) is 7.58. The maximum absolute atomic E-state index is 2.99. The molecule has 1 rings (SSSR count). The SMILES string of the molecule is Br.CC(C)c1cc[c-]cc1.[Br-].[Mg+2]. The molecule has 12 heavy (non-hydrogen) atoms. The summed E-state index contributed by atoms with van der Waals surface area (Å²) < 4.78 is 0. The second-order valence-corrected chi connectivity index (χ2v) is 2.49. The van der Waals surface area contributed by atoms with Crippen molar-refractivity contribution in [1.29, 1.82) is 0 Å². The Hall–Kier alpha value is 0.946. The van der Waals surface area contributed by atoms with Crippen LogP contribution in [0.2, 0.25) is 0 Å². The summed E-state index contributed by atoms with van der Waals surface area (Å²) in [6.45, 7) is 4.38. The van der Waals surface area contributed by atoms with E-state index < -0.39 is 0 Å². The molecule has 1 aromatic rings. The van der Waals surface area contributed by atoms with E-state index >= 15 is 0 Å². The van der Waals surface area contributed by atoms with Crippen molar-refractivity contribution < 1.29 is 17.0 Å². The zero-order chi connectivity index (χ0) is 6.69. The number of rotatable bonds is 1. The van der Waals surface area contributed by atoms with Crippen molar-refractivity contribution >= 4 is 40.0 Å². The molecule has 0 aliphatic carbocycles. The molecule has 0 saturated carbocycles. The Balaban J connectivity index is -0.000000270. The molecule has 0 aromatic heterocycles. The predicted molar refractivity (Wildman–Crippen MR) is 55.4 cm³/mol. The first-order valence-electron chi connectivity index (χ1n) is 3.26. The molecule has 64 valence electrons. The van der Waals surface area contributed by atoms with Crippen LogP contribution in [0.5, 0.6) is 0 Å². The molecule has 0 spiro atoms. The van der Waals surface area contributed by atoms with Crippen molar-refractivity contribution in [3.63, 3.8) is 0 Å². The minimum atomic E-state index is 0. The van der Waals surface area contributed by atoms with Gasteiger partial charge in [-0.1, -0.05) is 13.8 Å². The van der Waals surface area contributed by atoms with Crippen LogP contribution in [-0.4, -0.2) is 23.1 Å². The van der Waals surface area contributed by atoms with E-state index in [9.17, 15) is 0 Å². The van der Waals surface area contributed by atoms with E-state index in [-0.39, 0.29) is 57.0 Å². The van der Waals surface area contributed by atoms with Gasteiger partial charge in [-0.25, -0.2) is 0 Å². The summed E-state index contributed by atoms with van der Waals surface area (Å²) in [6.07, 6.45) is 0. The van der Waals surface area contributed by atoms with E-state index in [2.05, 4.69) is 32.0 Å². The molecule has 0 atom stereocenters. The fraction of sp³-hybridized carbons (Fsp3) is 0.333.